The maximum atomic E-state index is 13.7. The van der Waals surface area contributed by atoms with Crippen molar-refractivity contribution < 1.29 is 14.0 Å². The Morgan fingerprint density at radius 3 is 2.12 bits per heavy atom. The van der Waals surface area contributed by atoms with Crippen molar-refractivity contribution in [2.45, 2.75) is 33.6 Å². The van der Waals surface area contributed by atoms with Gasteiger partial charge in [-0.05, 0) is 37.5 Å². The lowest BCUT2D eigenvalue weighted by Crippen LogP contribution is -2.55. The molecular weight excluding hydrogens is 357 g/mol. The lowest BCUT2D eigenvalue weighted by molar-refractivity contribution is -0.143. The van der Waals surface area contributed by atoms with Gasteiger partial charge in [-0.2, -0.15) is 0 Å². The number of amides is 2. The van der Waals surface area contributed by atoms with Crippen molar-refractivity contribution in [2.75, 3.05) is 32.7 Å². The van der Waals surface area contributed by atoms with Crippen LogP contribution in [0, 0.1) is 18.2 Å². The van der Waals surface area contributed by atoms with E-state index in [1.54, 1.807) is 28.9 Å². The van der Waals surface area contributed by atoms with Crippen LogP contribution in [0.25, 0.3) is 0 Å². The minimum Gasteiger partial charge on any atom is -0.339 e. The molecule has 0 aromatic heterocycles. The van der Waals surface area contributed by atoms with E-state index in [1.807, 2.05) is 13.8 Å². The minimum atomic E-state index is -0.508. The van der Waals surface area contributed by atoms with E-state index >= 15 is 0 Å². The van der Waals surface area contributed by atoms with Gasteiger partial charge in [-0.25, -0.2) is 4.39 Å². The number of carbonyl (C=O) groups is 2. The number of nitrogens with two attached hydrogens (primary N) is 1. The lowest BCUT2D eigenvalue weighted by Gasteiger charge is -2.40. The van der Waals surface area contributed by atoms with Crippen LogP contribution in [-0.2, 0) is 4.79 Å². The molecular formula is C19H29ClFN3O2. The molecule has 0 saturated carbocycles. The third kappa shape index (κ3) is 4.35. The fourth-order valence-electron chi connectivity index (χ4n) is 3.28. The first-order chi connectivity index (χ1) is 11.9. The molecule has 1 heterocycles. The van der Waals surface area contributed by atoms with Gasteiger partial charge in [0.2, 0.25) is 5.91 Å². The molecule has 0 aliphatic carbocycles. The molecule has 2 N–H and O–H groups in total. The SMILES string of the molecule is CCC(CC)(CN)C(=O)N1CCN(C(=O)c2ccc(C)c(F)c2)CC1.Cl. The molecule has 1 aromatic carbocycles. The van der Waals surface area contributed by atoms with Crippen molar-refractivity contribution in [2.24, 2.45) is 11.1 Å². The third-order valence-corrected chi connectivity index (χ3v) is 5.47. The largest absolute Gasteiger partial charge is 0.339 e. The van der Waals surface area contributed by atoms with Gasteiger partial charge in [0, 0.05) is 38.3 Å². The topological polar surface area (TPSA) is 66.6 Å². The number of carbonyl (C=O) groups excluding carboxylic acids is 2. The van der Waals surface area contributed by atoms with E-state index in [0.717, 1.165) is 0 Å². The Bertz CT molecular complexity index is 633. The zero-order valence-corrected chi connectivity index (χ0v) is 16.6. The average molecular weight is 386 g/mol. The maximum Gasteiger partial charge on any atom is 0.254 e. The fourth-order valence-corrected chi connectivity index (χ4v) is 3.28. The summed E-state index contributed by atoms with van der Waals surface area (Å²) in [5.41, 5.74) is 6.23. The molecule has 0 unspecified atom stereocenters. The van der Waals surface area contributed by atoms with Crippen LogP contribution in [0.3, 0.4) is 0 Å². The summed E-state index contributed by atoms with van der Waals surface area (Å²) in [5, 5.41) is 0. The Labute approximate surface area is 161 Å². The van der Waals surface area contributed by atoms with Gasteiger partial charge in [-0.1, -0.05) is 19.9 Å². The zero-order chi connectivity index (χ0) is 18.6. The van der Waals surface area contributed by atoms with Gasteiger partial charge in [0.25, 0.3) is 5.91 Å². The number of rotatable bonds is 5. The highest BCUT2D eigenvalue weighted by Crippen LogP contribution is 2.28. The molecule has 0 atom stereocenters. The van der Waals surface area contributed by atoms with Gasteiger partial charge in [-0.15, -0.1) is 12.4 Å². The lowest BCUT2D eigenvalue weighted by atomic mass is 9.81. The van der Waals surface area contributed by atoms with Gasteiger partial charge in [-0.3, -0.25) is 9.59 Å². The Hall–Kier alpha value is -1.66. The first kappa shape index (κ1) is 22.4. The Balaban J connectivity index is 0.00000338. The summed E-state index contributed by atoms with van der Waals surface area (Å²) >= 11 is 0. The monoisotopic (exact) mass is 385 g/mol. The van der Waals surface area contributed by atoms with E-state index in [9.17, 15) is 14.0 Å². The van der Waals surface area contributed by atoms with E-state index in [0.29, 0.717) is 56.7 Å². The Morgan fingerprint density at radius 2 is 1.65 bits per heavy atom. The highest BCUT2D eigenvalue weighted by molar-refractivity contribution is 5.94. The van der Waals surface area contributed by atoms with Crippen LogP contribution in [0.2, 0.25) is 0 Å². The van der Waals surface area contributed by atoms with Crippen LogP contribution in [0.5, 0.6) is 0 Å². The predicted molar refractivity (Wildman–Crippen MR) is 103 cm³/mol. The fraction of sp³-hybridized carbons (Fsp3) is 0.579. The molecule has 1 fully saturated rings. The van der Waals surface area contributed by atoms with Gasteiger partial charge < -0.3 is 15.5 Å². The third-order valence-electron chi connectivity index (χ3n) is 5.47. The molecule has 146 valence electrons. The van der Waals surface area contributed by atoms with Crippen LogP contribution in [0.1, 0.15) is 42.6 Å². The molecule has 1 aliphatic rings. The summed E-state index contributed by atoms with van der Waals surface area (Å²) in [7, 11) is 0. The molecule has 1 aromatic rings. The Kier molecular flexibility index (Phi) is 8.03. The summed E-state index contributed by atoms with van der Waals surface area (Å²) in [5.74, 6) is -0.492. The molecule has 1 saturated heterocycles. The molecule has 5 nitrogen and oxygen atoms in total. The van der Waals surface area contributed by atoms with E-state index in [4.69, 9.17) is 5.73 Å². The quantitative estimate of drug-likeness (QED) is 0.847. The number of benzene rings is 1. The molecule has 7 heteroatoms. The molecule has 26 heavy (non-hydrogen) atoms. The number of halogens is 2. The van der Waals surface area contributed by atoms with Crippen molar-refractivity contribution in [3.63, 3.8) is 0 Å². The van der Waals surface area contributed by atoms with Gasteiger partial charge in [0.1, 0.15) is 5.82 Å². The van der Waals surface area contributed by atoms with Crippen molar-refractivity contribution in [1.29, 1.82) is 0 Å². The van der Waals surface area contributed by atoms with Crippen LogP contribution in [0.15, 0.2) is 18.2 Å². The van der Waals surface area contributed by atoms with Crippen LogP contribution < -0.4 is 5.73 Å². The number of hydrogen-bond donors (Lipinski definition) is 1. The van der Waals surface area contributed by atoms with Crippen molar-refractivity contribution in [3.8, 4) is 0 Å². The average Bonchev–Trinajstić information content (AvgIpc) is 2.65. The highest BCUT2D eigenvalue weighted by atomic mass is 35.5. The molecule has 2 amide bonds. The molecule has 1 aliphatic heterocycles. The van der Waals surface area contributed by atoms with E-state index in [1.165, 1.54) is 6.07 Å². The normalized spacial score (nSPS) is 14.8. The van der Waals surface area contributed by atoms with Crippen LogP contribution >= 0.6 is 12.4 Å². The van der Waals surface area contributed by atoms with Gasteiger partial charge in [0.15, 0.2) is 0 Å². The standard InChI is InChI=1S/C19H28FN3O2.ClH/c1-4-19(5-2,13-21)18(25)23-10-8-22(9-11-23)17(24)15-7-6-14(3)16(20)12-15;/h6-7,12H,4-5,8-11,13,21H2,1-3H3;1H. The van der Waals surface area contributed by atoms with E-state index in [-0.39, 0.29) is 30.0 Å². The second kappa shape index (κ2) is 9.33. The van der Waals surface area contributed by atoms with Gasteiger partial charge >= 0.3 is 0 Å². The van der Waals surface area contributed by atoms with E-state index < -0.39 is 5.41 Å². The van der Waals surface area contributed by atoms with E-state index in [2.05, 4.69) is 0 Å². The number of nitrogens with zero attached hydrogens (tertiary/aromatic N) is 2. The smallest absolute Gasteiger partial charge is 0.254 e. The zero-order valence-electron chi connectivity index (χ0n) is 15.8. The summed E-state index contributed by atoms with van der Waals surface area (Å²) in [6.07, 6.45) is 1.42. The summed E-state index contributed by atoms with van der Waals surface area (Å²) in [4.78, 5) is 28.9. The maximum absolute atomic E-state index is 13.7. The molecule has 0 bridgehead atoms. The minimum absolute atomic E-state index is 0. The number of aryl methyl sites for hydroxylation is 1. The number of hydrogen-bond acceptors (Lipinski definition) is 3. The molecule has 0 spiro atoms. The Morgan fingerprint density at radius 1 is 1.12 bits per heavy atom. The first-order valence-electron chi connectivity index (χ1n) is 8.93. The molecule has 2 rings (SSSR count). The van der Waals surface area contributed by atoms with Crippen LogP contribution in [-0.4, -0.2) is 54.3 Å². The second-order valence-electron chi connectivity index (χ2n) is 6.74. The summed E-state index contributed by atoms with van der Waals surface area (Å²) in [6.45, 7) is 7.85. The van der Waals surface area contributed by atoms with Crippen molar-refractivity contribution in [3.05, 3.63) is 35.1 Å². The predicted octanol–water partition coefficient (Wildman–Crippen LogP) is 2.61. The van der Waals surface area contributed by atoms with Crippen molar-refractivity contribution >= 4 is 24.2 Å². The van der Waals surface area contributed by atoms with Crippen molar-refractivity contribution in [1.82, 2.24) is 9.80 Å². The second-order valence-corrected chi connectivity index (χ2v) is 6.74. The summed E-state index contributed by atoms with van der Waals surface area (Å²) < 4.78 is 13.7. The molecule has 0 radical (unpaired) electrons. The van der Waals surface area contributed by atoms with Crippen LogP contribution in [0.4, 0.5) is 4.39 Å². The summed E-state index contributed by atoms with van der Waals surface area (Å²) in [6, 6.07) is 4.54. The number of piperazine rings is 1. The first-order valence-corrected chi connectivity index (χ1v) is 8.93. The highest BCUT2D eigenvalue weighted by Gasteiger charge is 2.38. The van der Waals surface area contributed by atoms with Gasteiger partial charge in [0.05, 0.1) is 5.41 Å².